The van der Waals surface area contributed by atoms with Crippen molar-refractivity contribution in [3.05, 3.63) is 0 Å². The zero-order valence-electron chi connectivity index (χ0n) is 12.3. The Morgan fingerprint density at radius 3 is 2.68 bits per heavy atom. The van der Waals surface area contributed by atoms with Crippen molar-refractivity contribution in [3.63, 3.8) is 0 Å². The zero-order valence-corrected chi connectivity index (χ0v) is 12.3. The van der Waals surface area contributed by atoms with E-state index in [4.69, 9.17) is 0 Å². The maximum absolute atomic E-state index is 12.1. The normalized spacial score (nSPS) is 25.0. The molecule has 1 heterocycles. The number of amides is 2. The second kappa shape index (κ2) is 7.73. The van der Waals surface area contributed by atoms with Gasteiger partial charge < -0.3 is 15.5 Å². The second-order valence-electron chi connectivity index (χ2n) is 6.21. The highest BCUT2D eigenvalue weighted by Crippen LogP contribution is 2.18. The van der Waals surface area contributed by atoms with Crippen LogP contribution in [0.5, 0.6) is 0 Å². The first-order chi connectivity index (χ1) is 9.25. The highest BCUT2D eigenvalue weighted by molar-refractivity contribution is 5.74. The van der Waals surface area contributed by atoms with E-state index in [0.29, 0.717) is 6.04 Å². The van der Waals surface area contributed by atoms with Gasteiger partial charge in [0.05, 0.1) is 0 Å². The molecule has 1 aliphatic heterocycles. The topological polar surface area (TPSA) is 44.4 Å². The van der Waals surface area contributed by atoms with Gasteiger partial charge in [-0.3, -0.25) is 0 Å². The number of hydrogen-bond donors (Lipinski definition) is 2. The van der Waals surface area contributed by atoms with E-state index in [1.165, 1.54) is 32.1 Å². The van der Waals surface area contributed by atoms with Gasteiger partial charge >= 0.3 is 6.03 Å². The predicted molar refractivity (Wildman–Crippen MR) is 78.2 cm³/mol. The number of carbonyl (C=O) groups is 1. The largest absolute Gasteiger partial charge is 0.335 e. The summed E-state index contributed by atoms with van der Waals surface area (Å²) in [4.78, 5) is 13.9. The molecule has 2 N–H and O–H groups in total. The van der Waals surface area contributed by atoms with Crippen LogP contribution in [-0.4, -0.2) is 43.7 Å². The first-order valence-corrected chi connectivity index (χ1v) is 7.98. The Hall–Kier alpha value is -0.770. The van der Waals surface area contributed by atoms with Crippen LogP contribution in [0.3, 0.4) is 0 Å². The van der Waals surface area contributed by atoms with Crippen LogP contribution in [0.15, 0.2) is 0 Å². The summed E-state index contributed by atoms with van der Waals surface area (Å²) in [5, 5.41) is 6.61. The van der Waals surface area contributed by atoms with Crippen LogP contribution in [0.2, 0.25) is 0 Å². The molecule has 4 nitrogen and oxygen atoms in total. The standard InChI is InChI=1S/C15H29N3O/c1-18(11-9-13-6-5-10-16-12-13)15(19)17-14-7-3-2-4-8-14/h13-14,16H,2-12H2,1H3,(H,17,19). The molecule has 2 rings (SSSR count). The van der Waals surface area contributed by atoms with Crippen molar-refractivity contribution >= 4 is 6.03 Å². The molecule has 1 unspecified atom stereocenters. The summed E-state index contributed by atoms with van der Waals surface area (Å²) >= 11 is 0. The molecule has 1 saturated heterocycles. The number of piperidine rings is 1. The molecule has 2 amide bonds. The molecule has 110 valence electrons. The highest BCUT2D eigenvalue weighted by atomic mass is 16.2. The van der Waals surface area contributed by atoms with Gasteiger partial charge in [-0.25, -0.2) is 4.79 Å². The van der Waals surface area contributed by atoms with Gasteiger partial charge in [-0.2, -0.15) is 0 Å². The van der Waals surface area contributed by atoms with Gasteiger partial charge in [0.15, 0.2) is 0 Å². The number of hydrogen-bond acceptors (Lipinski definition) is 2. The van der Waals surface area contributed by atoms with Crippen LogP contribution in [0, 0.1) is 5.92 Å². The van der Waals surface area contributed by atoms with Crippen LogP contribution in [0.4, 0.5) is 4.79 Å². The highest BCUT2D eigenvalue weighted by Gasteiger charge is 2.19. The van der Waals surface area contributed by atoms with Crippen molar-refractivity contribution in [3.8, 4) is 0 Å². The van der Waals surface area contributed by atoms with Gasteiger partial charge in [-0.05, 0) is 51.1 Å². The van der Waals surface area contributed by atoms with Crippen molar-refractivity contribution in [2.75, 3.05) is 26.7 Å². The Morgan fingerprint density at radius 1 is 1.21 bits per heavy atom. The average Bonchev–Trinajstić information content (AvgIpc) is 2.47. The molecule has 0 aromatic carbocycles. The van der Waals surface area contributed by atoms with Gasteiger partial charge in [0.25, 0.3) is 0 Å². The molecule has 0 bridgehead atoms. The fraction of sp³-hybridized carbons (Fsp3) is 0.933. The summed E-state index contributed by atoms with van der Waals surface area (Å²) in [7, 11) is 1.93. The summed E-state index contributed by atoms with van der Waals surface area (Å²) < 4.78 is 0. The van der Waals surface area contributed by atoms with Crippen molar-refractivity contribution < 1.29 is 4.79 Å². The minimum Gasteiger partial charge on any atom is -0.335 e. The third-order valence-corrected chi connectivity index (χ3v) is 4.55. The van der Waals surface area contributed by atoms with E-state index in [9.17, 15) is 4.79 Å². The van der Waals surface area contributed by atoms with Crippen molar-refractivity contribution in [1.29, 1.82) is 0 Å². The van der Waals surface area contributed by atoms with E-state index in [2.05, 4.69) is 10.6 Å². The molecule has 0 aromatic heterocycles. The maximum atomic E-state index is 12.1. The Labute approximate surface area is 117 Å². The number of urea groups is 1. The average molecular weight is 267 g/mol. The fourth-order valence-corrected chi connectivity index (χ4v) is 3.18. The number of carbonyl (C=O) groups excluding carboxylic acids is 1. The fourth-order valence-electron chi connectivity index (χ4n) is 3.18. The van der Waals surface area contributed by atoms with Gasteiger partial charge in [0, 0.05) is 19.6 Å². The Balaban J connectivity index is 1.63. The molecule has 0 radical (unpaired) electrons. The van der Waals surface area contributed by atoms with Crippen molar-refractivity contribution in [2.45, 2.75) is 57.4 Å². The summed E-state index contributed by atoms with van der Waals surface area (Å²) in [6.07, 6.45) is 9.90. The van der Waals surface area contributed by atoms with E-state index < -0.39 is 0 Å². The maximum Gasteiger partial charge on any atom is 0.317 e. The van der Waals surface area contributed by atoms with E-state index >= 15 is 0 Å². The van der Waals surface area contributed by atoms with Gasteiger partial charge in [-0.15, -0.1) is 0 Å². The lowest BCUT2D eigenvalue weighted by Crippen LogP contribution is -2.44. The molecule has 2 fully saturated rings. The Kier molecular flexibility index (Phi) is 5.95. The summed E-state index contributed by atoms with van der Waals surface area (Å²) in [6, 6.07) is 0.538. The number of nitrogens with zero attached hydrogens (tertiary/aromatic N) is 1. The molecule has 2 aliphatic rings. The van der Waals surface area contributed by atoms with Crippen LogP contribution in [0.25, 0.3) is 0 Å². The van der Waals surface area contributed by atoms with E-state index in [1.807, 2.05) is 11.9 Å². The lowest BCUT2D eigenvalue weighted by Gasteiger charge is -2.28. The SMILES string of the molecule is CN(CCC1CCCNC1)C(=O)NC1CCCCC1. The van der Waals surface area contributed by atoms with Crippen molar-refractivity contribution in [1.82, 2.24) is 15.5 Å². The van der Waals surface area contributed by atoms with Crippen LogP contribution in [0.1, 0.15) is 51.4 Å². The molecule has 1 aliphatic carbocycles. The van der Waals surface area contributed by atoms with Gasteiger partial charge in [0.1, 0.15) is 0 Å². The van der Waals surface area contributed by atoms with E-state index in [-0.39, 0.29) is 6.03 Å². The van der Waals surface area contributed by atoms with Crippen LogP contribution < -0.4 is 10.6 Å². The lowest BCUT2D eigenvalue weighted by molar-refractivity contribution is 0.195. The summed E-state index contributed by atoms with van der Waals surface area (Å²) in [5.74, 6) is 0.749. The monoisotopic (exact) mass is 267 g/mol. The van der Waals surface area contributed by atoms with Crippen LogP contribution in [-0.2, 0) is 0 Å². The molecule has 19 heavy (non-hydrogen) atoms. The van der Waals surface area contributed by atoms with Crippen LogP contribution >= 0.6 is 0 Å². The van der Waals surface area contributed by atoms with Crippen molar-refractivity contribution in [2.24, 2.45) is 5.92 Å². The van der Waals surface area contributed by atoms with E-state index in [0.717, 1.165) is 44.8 Å². The summed E-state index contributed by atoms with van der Waals surface area (Å²) in [5.41, 5.74) is 0. The predicted octanol–water partition coefficient (Wildman–Crippen LogP) is 2.35. The molecular formula is C15H29N3O. The molecule has 1 saturated carbocycles. The van der Waals surface area contributed by atoms with Gasteiger partial charge in [-0.1, -0.05) is 19.3 Å². The number of nitrogens with one attached hydrogen (secondary N) is 2. The zero-order chi connectivity index (χ0) is 13.5. The third kappa shape index (κ3) is 5.01. The number of rotatable bonds is 4. The third-order valence-electron chi connectivity index (χ3n) is 4.55. The van der Waals surface area contributed by atoms with E-state index in [1.54, 1.807) is 0 Å². The van der Waals surface area contributed by atoms with Gasteiger partial charge in [0.2, 0.25) is 0 Å². The molecule has 0 spiro atoms. The quantitative estimate of drug-likeness (QED) is 0.821. The summed E-state index contributed by atoms with van der Waals surface area (Å²) in [6.45, 7) is 3.16. The first kappa shape index (κ1) is 14.6. The first-order valence-electron chi connectivity index (χ1n) is 7.98. The second-order valence-corrected chi connectivity index (χ2v) is 6.21. The minimum absolute atomic E-state index is 0.121. The molecule has 4 heteroatoms. The molecule has 1 atom stereocenters. The Bertz CT molecular complexity index is 271. The Morgan fingerprint density at radius 2 is 2.00 bits per heavy atom. The molecule has 0 aromatic rings. The molecular weight excluding hydrogens is 238 g/mol. The minimum atomic E-state index is 0.121. The lowest BCUT2D eigenvalue weighted by atomic mass is 9.95. The smallest absolute Gasteiger partial charge is 0.317 e.